The number of aromatic nitrogens is 1. The zero-order valence-electron chi connectivity index (χ0n) is 14.9. The van der Waals surface area contributed by atoms with E-state index in [-0.39, 0.29) is 17.2 Å². The van der Waals surface area contributed by atoms with Gasteiger partial charge in [0.25, 0.3) is 0 Å². The van der Waals surface area contributed by atoms with E-state index in [1.165, 1.54) is 29.6 Å². The number of pyridine rings is 1. The Bertz CT molecular complexity index is 944. The van der Waals surface area contributed by atoms with Crippen molar-refractivity contribution in [2.24, 2.45) is 4.99 Å². The topological polar surface area (TPSA) is 65.8 Å². The number of hydrogen-bond acceptors (Lipinski definition) is 5. The van der Waals surface area contributed by atoms with Crippen LogP contribution in [0.3, 0.4) is 0 Å². The van der Waals surface area contributed by atoms with Gasteiger partial charge >= 0.3 is 0 Å². The Kier molecular flexibility index (Phi) is 4.07. The summed E-state index contributed by atoms with van der Waals surface area (Å²) in [5, 5.41) is 10.2. The zero-order valence-corrected chi connectivity index (χ0v) is 14.9. The molecule has 0 bridgehead atoms. The minimum absolute atomic E-state index is 0.0235. The molecule has 1 aromatic carbocycles. The molecular weight excluding hydrogens is 326 g/mol. The molecule has 0 radical (unpaired) electrons. The van der Waals surface area contributed by atoms with E-state index >= 15 is 0 Å². The fourth-order valence-corrected chi connectivity index (χ4v) is 3.66. The van der Waals surface area contributed by atoms with Gasteiger partial charge in [-0.25, -0.2) is 4.99 Å². The van der Waals surface area contributed by atoms with Gasteiger partial charge < -0.3 is 10.0 Å². The molecular formula is C21H21N3O2. The summed E-state index contributed by atoms with van der Waals surface area (Å²) < 4.78 is 0. The van der Waals surface area contributed by atoms with Gasteiger partial charge in [0, 0.05) is 24.5 Å². The van der Waals surface area contributed by atoms with Crippen molar-refractivity contribution in [1.29, 1.82) is 0 Å². The molecule has 1 aliphatic carbocycles. The lowest BCUT2D eigenvalue weighted by atomic mass is 9.97. The highest BCUT2D eigenvalue weighted by Gasteiger charge is 2.23. The molecule has 0 atom stereocenters. The number of anilines is 1. The number of aromatic hydroxyl groups is 1. The smallest absolute Gasteiger partial charge is 0.205 e. The highest BCUT2D eigenvalue weighted by Crippen LogP contribution is 2.33. The van der Waals surface area contributed by atoms with Crippen molar-refractivity contribution in [2.45, 2.75) is 32.7 Å². The van der Waals surface area contributed by atoms with Crippen LogP contribution in [0.15, 0.2) is 47.6 Å². The summed E-state index contributed by atoms with van der Waals surface area (Å²) >= 11 is 0. The van der Waals surface area contributed by atoms with Gasteiger partial charge in [0.1, 0.15) is 11.4 Å². The van der Waals surface area contributed by atoms with E-state index in [2.05, 4.69) is 35.9 Å². The Balaban J connectivity index is 1.77. The molecule has 2 heterocycles. The van der Waals surface area contributed by atoms with Crippen LogP contribution >= 0.6 is 0 Å². The van der Waals surface area contributed by atoms with Gasteiger partial charge in [0.05, 0.1) is 17.0 Å². The number of fused-ring (bicyclic) bond motifs is 2. The predicted octanol–water partition coefficient (Wildman–Crippen LogP) is 3.82. The van der Waals surface area contributed by atoms with Gasteiger partial charge in [-0.3, -0.25) is 9.78 Å². The SMILES string of the molecule is CC(C)N1CCCc2cc(N=C3C=CC(=O)c4nccc(O)c43)ccc21. The van der Waals surface area contributed by atoms with E-state index in [1.54, 1.807) is 6.08 Å². The number of aryl methyl sites for hydroxylation is 1. The van der Waals surface area contributed by atoms with Crippen LogP contribution in [0.1, 0.15) is 41.9 Å². The molecule has 1 aliphatic heterocycles. The van der Waals surface area contributed by atoms with Crippen LogP contribution in [0.2, 0.25) is 0 Å². The monoisotopic (exact) mass is 347 g/mol. The molecule has 0 saturated carbocycles. The van der Waals surface area contributed by atoms with Crippen molar-refractivity contribution < 1.29 is 9.90 Å². The molecule has 2 aliphatic rings. The first kappa shape index (κ1) is 16.5. The molecule has 26 heavy (non-hydrogen) atoms. The van der Waals surface area contributed by atoms with Crippen molar-refractivity contribution in [1.82, 2.24) is 4.98 Å². The second kappa shape index (κ2) is 6.41. The van der Waals surface area contributed by atoms with Crippen molar-refractivity contribution in [3.8, 4) is 5.75 Å². The number of ketones is 1. The molecule has 2 aromatic rings. The molecule has 0 unspecified atom stereocenters. The maximum atomic E-state index is 12.0. The van der Waals surface area contributed by atoms with Gasteiger partial charge in [0.2, 0.25) is 5.78 Å². The fraction of sp³-hybridized carbons (Fsp3) is 0.286. The Labute approximate surface area is 152 Å². The van der Waals surface area contributed by atoms with Crippen molar-refractivity contribution in [3.63, 3.8) is 0 Å². The Morgan fingerprint density at radius 2 is 2.08 bits per heavy atom. The van der Waals surface area contributed by atoms with Crippen LogP contribution in [-0.2, 0) is 6.42 Å². The Morgan fingerprint density at radius 3 is 2.88 bits per heavy atom. The van der Waals surface area contributed by atoms with Crippen LogP contribution in [-0.4, -0.2) is 34.2 Å². The lowest BCUT2D eigenvalue weighted by Gasteiger charge is -2.34. The lowest BCUT2D eigenvalue weighted by Crippen LogP contribution is -2.35. The number of benzene rings is 1. The highest BCUT2D eigenvalue weighted by atomic mass is 16.3. The summed E-state index contributed by atoms with van der Waals surface area (Å²) in [6, 6.07) is 8.16. The number of allylic oxidation sites excluding steroid dienone is 2. The third-order valence-corrected chi connectivity index (χ3v) is 4.90. The van der Waals surface area contributed by atoms with Gasteiger partial charge in [-0.05, 0) is 68.7 Å². The second-order valence-corrected chi connectivity index (χ2v) is 6.95. The Hall–Kier alpha value is -2.95. The third-order valence-electron chi connectivity index (χ3n) is 4.90. The van der Waals surface area contributed by atoms with Crippen molar-refractivity contribution >= 4 is 22.9 Å². The van der Waals surface area contributed by atoms with E-state index in [9.17, 15) is 9.90 Å². The van der Waals surface area contributed by atoms with Crippen LogP contribution in [0.5, 0.6) is 5.75 Å². The number of hydrogen-bond donors (Lipinski definition) is 1. The standard InChI is InChI=1S/C21H21N3O2/c1-13(2)24-11-3-4-14-12-15(5-7-17(14)24)23-16-6-8-19(26)21-20(16)18(25)9-10-22-21/h5-10,12-13H,3-4,11H2,1-2H3,(H,22,25). The summed E-state index contributed by atoms with van der Waals surface area (Å²) in [7, 11) is 0. The van der Waals surface area contributed by atoms with Crippen LogP contribution in [0.25, 0.3) is 0 Å². The molecule has 0 amide bonds. The van der Waals surface area contributed by atoms with Crippen molar-refractivity contribution in [3.05, 3.63) is 59.4 Å². The largest absolute Gasteiger partial charge is 0.507 e. The fourth-order valence-electron chi connectivity index (χ4n) is 3.66. The third kappa shape index (κ3) is 2.79. The molecule has 0 saturated heterocycles. The predicted molar refractivity (Wildman–Crippen MR) is 103 cm³/mol. The van der Waals surface area contributed by atoms with E-state index in [1.807, 2.05) is 6.07 Å². The minimum Gasteiger partial charge on any atom is -0.507 e. The van der Waals surface area contributed by atoms with Gasteiger partial charge in [-0.2, -0.15) is 0 Å². The average molecular weight is 347 g/mol. The lowest BCUT2D eigenvalue weighted by molar-refractivity contribution is 0.104. The number of rotatable bonds is 2. The number of carbonyl (C=O) groups is 1. The van der Waals surface area contributed by atoms with Crippen LogP contribution in [0, 0.1) is 0 Å². The summed E-state index contributed by atoms with van der Waals surface area (Å²) in [5.41, 5.74) is 4.59. The summed E-state index contributed by atoms with van der Waals surface area (Å²) in [4.78, 5) is 23.2. The van der Waals surface area contributed by atoms with Gasteiger partial charge in [-0.15, -0.1) is 0 Å². The van der Waals surface area contributed by atoms with Gasteiger partial charge in [-0.1, -0.05) is 0 Å². The normalized spacial score (nSPS) is 17.6. The molecule has 1 N–H and O–H groups in total. The van der Waals surface area contributed by atoms with E-state index in [0.29, 0.717) is 17.3 Å². The first-order chi connectivity index (χ1) is 12.5. The zero-order chi connectivity index (χ0) is 18.3. The molecule has 5 nitrogen and oxygen atoms in total. The van der Waals surface area contributed by atoms with E-state index in [4.69, 9.17) is 4.99 Å². The first-order valence-corrected chi connectivity index (χ1v) is 8.93. The minimum atomic E-state index is -0.215. The van der Waals surface area contributed by atoms with E-state index in [0.717, 1.165) is 25.1 Å². The summed E-state index contributed by atoms with van der Waals surface area (Å²) in [6.07, 6.45) is 6.70. The molecule has 0 spiro atoms. The maximum Gasteiger partial charge on any atom is 0.205 e. The molecule has 132 valence electrons. The number of nitrogens with zero attached hydrogens (tertiary/aromatic N) is 3. The number of aliphatic imine (C=N–C) groups is 1. The Morgan fingerprint density at radius 1 is 1.23 bits per heavy atom. The number of carbonyl (C=O) groups excluding carboxylic acids is 1. The van der Waals surface area contributed by atoms with Gasteiger partial charge in [0.15, 0.2) is 0 Å². The maximum absolute atomic E-state index is 12.0. The molecule has 0 fully saturated rings. The quantitative estimate of drug-likeness (QED) is 0.897. The summed E-state index contributed by atoms with van der Waals surface area (Å²) in [6.45, 7) is 5.50. The summed E-state index contributed by atoms with van der Waals surface area (Å²) in [5.74, 6) is -0.191. The van der Waals surface area contributed by atoms with Crippen LogP contribution < -0.4 is 4.90 Å². The highest BCUT2D eigenvalue weighted by molar-refractivity contribution is 6.24. The second-order valence-electron chi connectivity index (χ2n) is 6.95. The first-order valence-electron chi connectivity index (χ1n) is 8.93. The van der Waals surface area contributed by atoms with Crippen molar-refractivity contribution in [2.75, 3.05) is 11.4 Å². The molecule has 1 aromatic heterocycles. The molecule has 5 heteroatoms. The molecule has 4 rings (SSSR count). The average Bonchev–Trinajstić information content (AvgIpc) is 2.63. The van der Waals surface area contributed by atoms with E-state index < -0.39 is 0 Å². The van der Waals surface area contributed by atoms with Crippen LogP contribution in [0.4, 0.5) is 11.4 Å².